The monoisotopic (exact) mass is 646 g/mol. The number of nitrogens with zero attached hydrogens (tertiary/aromatic N) is 1. The van der Waals surface area contributed by atoms with Gasteiger partial charge in [0.2, 0.25) is 0 Å². The van der Waals surface area contributed by atoms with Crippen LogP contribution in [-0.2, 0) is 25.8 Å². The molecule has 2 atom stereocenters. The highest BCUT2D eigenvalue weighted by Crippen LogP contribution is 2.50. The Morgan fingerprint density at radius 1 is 0.787 bits per heavy atom. The van der Waals surface area contributed by atoms with Gasteiger partial charge in [0.05, 0.1) is 17.4 Å². The number of alkyl halides is 3. The van der Waals surface area contributed by atoms with Crippen LogP contribution < -0.4 is 10.2 Å². The number of para-hydroxylation sites is 2. The van der Waals surface area contributed by atoms with Crippen molar-refractivity contribution in [3.05, 3.63) is 99.8 Å². The van der Waals surface area contributed by atoms with E-state index in [1.807, 2.05) is 53.7 Å². The SMILES string of the molecule is CC(C)(C)c1ccc([C@@H]2CC(=O)C3=C(C2)Nc2ccccc2N(C(=O)C(F)(F)F)[C@H]3c2cc(C(C)(C)C)c(O)c(C(C)(C)C)c2)cc1. The highest BCUT2D eigenvalue weighted by molar-refractivity contribution is 6.07. The van der Waals surface area contributed by atoms with Gasteiger partial charge in [-0.2, -0.15) is 13.2 Å². The molecule has 3 aromatic rings. The number of anilines is 2. The minimum atomic E-state index is -5.22. The summed E-state index contributed by atoms with van der Waals surface area (Å²) in [5, 5.41) is 14.8. The van der Waals surface area contributed by atoms with Gasteiger partial charge in [-0.15, -0.1) is 0 Å². The van der Waals surface area contributed by atoms with E-state index in [1.54, 1.807) is 30.3 Å². The number of ketones is 1. The van der Waals surface area contributed by atoms with Crippen molar-refractivity contribution in [1.29, 1.82) is 0 Å². The van der Waals surface area contributed by atoms with Crippen LogP contribution in [0.4, 0.5) is 24.5 Å². The van der Waals surface area contributed by atoms with E-state index < -0.39 is 29.0 Å². The summed E-state index contributed by atoms with van der Waals surface area (Å²) in [5.41, 5.74) is 3.20. The number of halogens is 3. The first kappa shape index (κ1) is 34.3. The number of carbonyl (C=O) groups is 2. The molecule has 3 aromatic carbocycles. The summed E-state index contributed by atoms with van der Waals surface area (Å²) < 4.78 is 43.6. The number of carbonyl (C=O) groups excluding carboxylic acids is 2. The third-order valence-electron chi connectivity index (χ3n) is 9.26. The molecule has 1 heterocycles. The molecule has 1 aliphatic carbocycles. The van der Waals surface area contributed by atoms with E-state index in [9.17, 15) is 27.9 Å². The smallest absolute Gasteiger partial charge is 0.471 e. The number of benzene rings is 3. The molecule has 0 saturated heterocycles. The van der Waals surface area contributed by atoms with Gasteiger partial charge in [-0.05, 0) is 80.7 Å². The number of phenolic OH excluding ortho intramolecular Hbond substituents is 1. The number of allylic oxidation sites excluding steroid dienone is 1. The van der Waals surface area contributed by atoms with Gasteiger partial charge in [0.15, 0.2) is 5.78 Å². The molecule has 2 aliphatic rings. The molecule has 0 aromatic heterocycles. The maximum Gasteiger partial charge on any atom is 0.471 e. The zero-order chi connectivity index (χ0) is 34.9. The van der Waals surface area contributed by atoms with Gasteiger partial charge in [-0.25, -0.2) is 0 Å². The molecule has 0 bridgehead atoms. The number of hydrogen-bond donors (Lipinski definition) is 2. The molecule has 8 heteroatoms. The molecule has 250 valence electrons. The second-order valence-electron chi connectivity index (χ2n) is 16.0. The molecule has 5 nitrogen and oxygen atoms in total. The summed E-state index contributed by atoms with van der Waals surface area (Å²) in [4.78, 5) is 28.7. The van der Waals surface area contributed by atoms with Crippen molar-refractivity contribution < 1.29 is 27.9 Å². The first-order valence-electron chi connectivity index (χ1n) is 16.1. The molecular formula is C39H45F3N2O3. The van der Waals surface area contributed by atoms with Crippen LogP contribution in [0.25, 0.3) is 0 Å². The Hall–Kier alpha value is -4.07. The summed E-state index contributed by atoms with van der Waals surface area (Å²) in [6.45, 7) is 17.8. The molecule has 1 amide bonds. The number of rotatable bonds is 2. The summed E-state index contributed by atoms with van der Waals surface area (Å²) in [6, 6.07) is 16.5. The first-order valence-corrected chi connectivity index (χ1v) is 16.1. The van der Waals surface area contributed by atoms with Crippen molar-refractivity contribution in [3.63, 3.8) is 0 Å². The van der Waals surface area contributed by atoms with Crippen LogP contribution in [0.3, 0.4) is 0 Å². The van der Waals surface area contributed by atoms with Gasteiger partial charge in [-0.3, -0.25) is 14.5 Å². The number of amides is 1. The number of aromatic hydroxyl groups is 1. The van der Waals surface area contributed by atoms with Crippen LogP contribution in [-0.4, -0.2) is 23.0 Å². The highest BCUT2D eigenvalue weighted by atomic mass is 19.4. The Labute approximate surface area is 275 Å². The van der Waals surface area contributed by atoms with Crippen LogP contribution in [0.2, 0.25) is 0 Å². The highest BCUT2D eigenvalue weighted by Gasteiger charge is 2.50. The molecule has 0 fully saturated rings. The van der Waals surface area contributed by atoms with E-state index in [1.165, 1.54) is 6.07 Å². The van der Waals surface area contributed by atoms with Gasteiger partial charge in [0.25, 0.3) is 0 Å². The van der Waals surface area contributed by atoms with Crippen molar-refractivity contribution in [3.8, 4) is 5.75 Å². The van der Waals surface area contributed by atoms with Crippen LogP contribution in [0.5, 0.6) is 5.75 Å². The van der Waals surface area contributed by atoms with E-state index >= 15 is 0 Å². The number of phenols is 1. The number of Topliss-reactive ketones (excluding diaryl/α,β-unsaturated/α-hetero) is 1. The van der Waals surface area contributed by atoms with Crippen molar-refractivity contribution >= 4 is 23.1 Å². The normalized spacial score (nSPS) is 19.1. The Kier molecular flexibility index (Phi) is 8.43. The Morgan fingerprint density at radius 2 is 1.34 bits per heavy atom. The fraction of sp³-hybridized carbons (Fsp3) is 0.436. The van der Waals surface area contributed by atoms with Crippen molar-refractivity contribution in [2.75, 3.05) is 10.2 Å². The van der Waals surface area contributed by atoms with Crippen molar-refractivity contribution in [1.82, 2.24) is 0 Å². The second kappa shape index (κ2) is 11.6. The predicted molar refractivity (Wildman–Crippen MR) is 181 cm³/mol. The zero-order valence-corrected chi connectivity index (χ0v) is 28.7. The quantitative estimate of drug-likeness (QED) is 0.291. The molecule has 5 rings (SSSR count). The minimum Gasteiger partial charge on any atom is -0.507 e. The first-order chi connectivity index (χ1) is 21.6. The van der Waals surface area contributed by atoms with E-state index in [4.69, 9.17) is 0 Å². The molecule has 0 spiro atoms. The fourth-order valence-corrected chi connectivity index (χ4v) is 6.71. The number of nitrogens with one attached hydrogen (secondary N) is 1. The van der Waals surface area contributed by atoms with Crippen LogP contribution in [0.15, 0.2) is 71.9 Å². The lowest BCUT2D eigenvalue weighted by Crippen LogP contribution is -2.45. The second-order valence-corrected chi connectivity index (χ2v) is 16.0. The van der Waals surface area contributed by atoms with Gasteiger partial charge in [-0.1, -0.05) is 98.7 Å². The van der Waals surface area contributed by atoms with E-state index in [0.717, 1.165) is 16.0 Å². The Balaban J connectivity index is 1.80. The molecule has 2 N–H and O–H groups in total. The average molecular weight is 647 g/mol. The lowest BCUT2D eigenvalue weighted by atomic mass is 9.74. The van der Waals surface area contributed by atoms with Crippen molar-refractivity contribution in [2.45, 2.75) is 110 Å². The van der Waals surface area contributed by atoms with Gasteiger partial charge >= 0.3 is 12.1 Å². The molecule has 0 radical (unpaired) electrons. The van der Waals surface area contributed by atoms with Gasteiger partial charge < -0.3 is 10.4 Å². The average Bonchev–Trinajstić information content (AvgIpc) is 3.09. The third kappa shape index (κ3) is 6.56. The van der Waals surface area contributed by atoms with E-state index in [0.29, 0.717) is 34.5 Å². The third-order valence-corrected chi connectivity index (χ3v) is 9.26. The number of hydrogen-bond acceptors (Lipinski definition) is 4. The van der Waals surface area contributed by atoms with E-state index in [-0.39, 0.29) is 40.5 Å². The van der Waals surface area contributed by atoms with Gasteiger partial charge in [0.1, 0.15) is 5.75 Å². The standard InChI is InChI=1S/C39H45F3N2O3/c1-36(2,3)25-16-14-22(15-17-25)23-20-29-32(31(45)21-23)33(24-18-26(37(4,5)6)34(46)27(19-24)38(7,8)9)44(35(47)39(40,41)42)30-13-11-10-12-28(30)43-29/h10-19,23,33,43,46H,20-21H2,1-9H3/t23-,33-/m0/s1. The topological polar surface area (TPSA) is 69.6 Å². The Bertz CT molecular complexity index is 1720. The molecule has 47 heavy (non-hydrogen) atoms. The summed E-state index contributed by atoms with van der Waals surface area (Å²) in [7, 11) is 0. The van der Waals surface area contributed by atoms with Gasteiger partial charge in [0, 0.05) is 17.7 Å². The van der Waals surface area contributed by atoms with Crippen LogP contribution in [0, 0.1) is 0 Å². The summed E-state index contributed by atoms with van der Waals surface area (Å²) in [5.74, 6) is -2.56. The largest absolute Gasteiger partial charge is 0.507 e. The minimum absolute atomic E-state index is 0.0239. The maximum absolute atomic E-state index is 14.5. The maximum atomic E-state index is 14.5. The molecule has 0 saturated carbocycles. The van der Waals surface area contributed by atoms with Crippen molar-refractivity contribution in [2.24, 2.45) is 0 Å². The van der Waals surface area contributed by atoms with Crippen LogP contribution in [0.1, 0.15) is 115 Å². The predicted octanol–water partition coefficient (Wildman–Crippen LogP) is 9.75. The lowest BCUT2D eigenvalue weighted by molar-refractivity contribution is -0.170. The van der Waals surface area contributed by atoms with E-state index in [2.05, 4.69) is 38.2 Å². The molecule has 1 aliphatic heterocycles. The molecule has 0 unspecified atom stereocenters. The van der Waals surface area contributed by atoms with Crippen LogP contribution >= 0.6 is 0 Å². The summed E-state index contributed by atoms with van der Waals surface area (Å²) >= 11 is 0. The fourth-order valence-electron chi connectivity index (χ4n) is 6.71. The zero-order valence-electron chi connectivity index (χ0n) is 28.7. The summed E-state index contributed by atoms with van der Waals surface area (Å²) in [6.07, 6.45) is -4.78. The Morgan fingerprint density at radius 3 is 1.85 bits per heavy atom. The molecular weight excluding hydrogens is 601 g/mol. The lowest BCUT2D eigenvalue weighted by Gasteiger charge is -2.37. The number of fused-ring (bicyclic) bond motifs is 1.